The lowest BCUT2D eigenvalue weighted by Crippen LogP contribution is -2.12. The number of amides is 1. The van der Waals surface area contributed by atoms with Crippen LogP contribution in [-0.2, 0) is 10.0 Å². The Morgan fingerprint density at radius 1 is 0.906 bits per heavy atom. The van der Waals surface area contributed by atoms with Gasteiger partial charge in [-0.2, -0.15) is 8.42 Å². The van der Waals surface area contributed by atoms with Crippen molar-refractivity contribution >= 4 is 48.9 Å². The van der Waals surface area contributed by atoms with Gasteiger partial charge in [-0.3, -0.25) is 14.8 Å². The van der Waals surface area contributed by atoms with Crippen molar-refractivity contribution in [2.24, 2.45) is 0 Å². The molecule has 4 rings (SSSR count). The van der Waals surface area contributed by atoms with E-state index in [9.17, 15) is 13.2 Å². The average molecular weight is 489 g/mol. The van der Waals surface area contributed by atoms with Crippen molar-refractivity contribution in [1.29, 1.82) is 0 Å². The zero-order chi connectivity index (χ0) is 22.7. The highest BCUT2D eigenvalue weighted by atomic mass is 32.2. The van der Waals surface area contributed by atoms with Gasteiger partial charge in [0.05, 0.1) is 7.11 Å². The van der Waals surface area contributed by atoms with Crippen LogP contribution in [0.1, 0.15) is 15.9 Å². The Hall–Kier alpha value is -3.42. The number of hydrogen-bond acceptors (Lipinski definition) is 10. The molecule has 2 heterocycles. The van der Waals surface area contributed by atoms with E-state index in [1.807, 2.05) is 6.92 Å². The molecule has 0 saturated heterocycles. The summed E-state index contributed by atoms with van der Waals surface area (Å²) in [5.41, 5.74) is 2.21. The second-order valence-corrected chi connectivity index (χ2v) is 10.3. The molecule has 0 saturated carbocycles. The van der Waals surface area contributed by atoms with Gasteiger partial charge in [0, 0.05) is 11.1 Å². The molecule has 2 N–H and O–H groups in total. The molecule has 0 unspecified atom stereocenters. The summed E-state index contributed by atoms with van der Waals surface area (Å²) in [7, 11) is -2.48. The maximum absolute atomic E-state index is 12.6. The van der Waals surface area contributed by atoms with Crippen molar-refractivity contribution in [3.63, 3.8) is 0 Å². The van der Waals surface area contributed by atoms with E-state index in [1.54, 1.807) is 55.6 Å². The first-order chi connectivity index (χ1) is 15.3. The van der Waals surface area contributed by atoms with E-state index in [0.29, 0.717) is 16.3 Å². The van der Waals surface area contributed by atoms with Gasteiger partial charge in [-0.1, -0.05) is 40.4 Å². The van der Waals surface area contributed by atoms with Gasteiger partial charge in [0.15, 0.2) is 0 Å². The van der Waals surface area contributed by atoms with Crippen LogP contribution in [0.15, 0.2) is 52.9 Å². The van der Waals surface area contributed by atoms with Gasteiger partial charge in [-0.15, -0.1) is 20.4 Å². The molecule has 0 aliphatic rings. The summed E-state index contributed by atoms with van der Waals surface area (Å²) in [5, 5.41) is 18.5. The number of nitrogens with one attached hydrogen (secondary N) is 2. The predicted octanol–water partition coefficient (Wildman–Crippen LogP) is 3.43. The number of carbonyl (C=O) groups is 1. The minimum atomic E-state index is -4.05. The summed E-state index contributed by atoms with van der Waals surface area (Å²) in [4.78, 5) is 12.3. The molecule has 0 bridgehead atoms. The third-order valence-corrected chi connectivity index (χ3v) is 7.72. The molecule has 164 valence electrons. The number of carbonyl (C=O) groups excluding carboxylic acids is 1. The molecule has 2 aromatic heterocycles. The van der Waals surface area contributed by atoms with E-state index >= 15 is 0 Å². The summed E-state index contributed by atoms with van der Waals surface area (Å²) in [5.74, 6) is 0.284. The number of anilines is 2. The normalized spacial score (nSPS) is 11.2. The third kappa shape index (κ3) is 4.90. The van der Waals surface area contributed by atoms with E-state index in [-0.39, 0.29) is 14.6 Å². The zero-order valence-electron chi connectivity index (χ0n) is 16.8. The van der Waals surface area contributed by atoms with Crippen LogP contribution >= 0.6 is 22.7 Å². The Bertz CT molecular complexity index is 1350. The highest BCUT2D eigenvalue weighted by molar-refractivity contribution is 7.94. The highest BCUT2D eigenvalue weighted by Gasteiger charge is 2.23. The quantitative estimate of drug-likeness (QED) is 0.378. The van der Waals surface area contributed by atoms with E-state index in [2.05, 4.69) is 30.4 Å². The Labute approximate surface area is 191 Å². The van der Waals surface area contributed by atoms with Crippen molar-refractivity contribution < 1.29 is 17.9 Å². The van der Waals surface area contributed by atoms with Gasteiger partial charge in [0.1, 0.15) is 10.8 Å². The first kappa shape index (κ1) is 21.8. The number of methoxy groups -OCH3 is 1. The molecule has 32 heavy (non-hydrogen) atoms. The van der Waals surface area contributed by atoms with E-state index in [1.165, 1.54) is 0 Å². The predicted molar refractivity (Wildman–Crippen MR) is 122 cm³/mol. The van der Waals surface area contributed by atoms with Crippen molar-refractivity contribution in [1.82, 2.24) is 20.4 Å². The maximum Gasteiger partial charge on any atom is 0.293 e. The molecule has 10 nitrogen and oxygen atoms in total. The fourth-order valence-electron chi connectivity index (χ4n) is 2.52. The zero-order valence-corrected chi connectivity index (χ0v) is 19.2. The summed E-state index contributed by atoms with van der Waals surface area (Å²) in [6.07, 6.45) is 0. The number of aryl methyl sites for hydroxylation is 1. The first-order valence-electron chi connectivity index (χ1n) is 9.06. The average Bonchev–Trinajstić information content (AvgIpc) is 3.44. The smallest absolute Gasteiger partial charge is 0.293 e. The summed E-state index contributed by atoms with van der Waals surface area (Å²) < 4.78 is 32.4. The fraction of sp³-hybridized carbons (Fsp3) is 0.105. The number of benzene rings is 2. The number of rotatable bonds is 7. The van der Waals surface area contributed by atoms with Crippen LogP contribution in [0.2, 0.25) is 0 Å². The highest BCUT2D eigenvalue weighted by Crippen LogP contribution is 2.30. The van der Waals surface area contributed by atoms with Gasteiger partial charge in [-0.05, 0) is 43.3 Å². The molecular weight excluding hydrogens is 472 g/mol. The van der Waals surface area contributed by atoms with Gasteiger partial charge in [0.25, 0.3) is 20.3 Å². The number of ether oxygens (including phenoxy) is 1. The van der Waals surface area contributed by atoms with E-state index in [4.69, 9.17) is 4.74 Å². The van der Waals surface area contributed by atoms with Crippen molar-refractivity contribution in [3.8, 4) is 16.3 Å². The van der Waals surface area contributed by atoms with Gasteiger partial charge < -0.3 is 4.74 Å². The summed E-state index contributed by atoms with van der Waals surface area (Å²) in [6, 6.07) is 14.1. The van der Waals surface area contributed by atoms with Gasteiger partial charge >= 0.3 is 0 Å². The fourth-order valence-corrected chi connectivity index (χ4v) is 5.39. The molecule has 2 aromatic carbocycles. The molecule has 0 atom stereocenters. The van der Waals surface area contributed by atoms with Gasteiger partial charge in [-0.25, -0.2) is 0 Å². The standard InChI is InChI=1S/C19H16N6O4S3/c1-11-3-5-12(6-4-11)15(26)20-17-22-24-19(31-17)32(27,28)25-18-23-21-16(30-18)13-7-9-14(29-2)10-8-13/h3-10H,1-2H3,(H,23,25)(H,20,22,26). The topological polar surface area (TPSA) is 136 Å². The van der Waals surface area contributed by atoms with Crippen LogP contribution in [0.5, 0.6) is 5.75 Å². The van der Waals surface area contributed by atoms with Crippen LogP contribution in [0.3, 0.4) is 0 Å². The lowest BCUT2D eigenvalue weighted by atomic mass is 10.1. The Kier molecular flexibility index (Phi) is 6.12. The van der Waals surface area contributed by atoms with Crippen molar-refractivity contribution in [3.05, 3.63) is 59.7 Å². The second-order valence-electron chi connectivity index (χ2n) is 6.44. The molecule has 4 aromatic rings. The largest absolute Gasteiger partial charge is 0.497 e. The third-order valence-electron chi connectivity index (χ3n) is 4.15. The number of nitrogens with zero attached hydrogens (tertiary/aromatic N) is 4. The Morgan fingerprint density at radius 2 is 1.59 bits per heavy atom. The lowest BCUT2D eigenvalue weighted by Gasteiger charge is -2.01. The van der Waals surface area contributed by atoms with Crippen LogP contribution in [0, 0.1) is 6.92 Å². The molecule has 1 amide bonds. The summed E-state index contributed by atoms with van der Waals surface area (Å²) >= 11 is 1.80. The Morgan fingerprint density at radius 3 is 2.28 bits per heavy atom. The van der Waals surface area contributed by atoms with Crippen LogP contribution < -0.4 is 14.8 Å². The second kappa shape index (κ2) is 8.98. The number of aromatic nitrogens is 4. The van der Waals surface area contributed by atoms with Crippen molar-refractivity contribution in [2.75, 3.05) is 17.1 Å². The van der Waals surface area contributed by atoms with Crippen LogP contribution in [-0.4, -0.2) is 41.8 Å². The molecule has 0 aliphatic carbocycles. The molecule has 13 heteroatoms. The van der Waals surface area contributed by atoms with Gasteiger partial charge in [0.2, 0.25) is 10.3 Å². The van der Waals surface area contributed by atoms with E-state index in [0.717, 1.165) is 33.8 Å². The Balaban J connectivity index is 1.45. The maximum atomic E-state index is 12.6. The molecule has 0 aliphatic heterocycles. The molecule has 0 radical (unpaired) electrons. The monoisotopic (exact) mass is 488 g/mol. The van der Waals surface area contributed by atoms with Crippen molar-refractivity contribution in [2.45, 2.75) is 11.3 Å². The summed E-state index contributed by atoms with van der Waals surface area (Å²) in [6.45, 7) is 1.91. The first-order valence-corrected chi connectivity index (χ1v) is 12.2. The van der Waals surface area contributed by atoms with Crippen LogP contribution in [0.25, 0.3) is 10.6 Å². The molecule has 0 fully saturated rings. The minimum Gasteiger partial charge on any atom is -0.497 e. The number of sulfonamides is 1. The minimum absolute atomic E-state index is 0.0622. The molecular formula is C19H16N6O4S3. The van der Waals surface area contributed by atoms with Crippen LogP contribution in [0.4, 0.5) is 10.3 Å². The molecule has 0 spiro atoms. The number of hydrogen-bond donors (Lipinski definition) is 2. The SMILES string of the molecule is COc1ccc(-c2nnc(NS(=O)(=O)c3nnc(NC(=O)c4ccc(C)cc4)s3)s2)cc1. The lowest BCUT2D eigenvalue weighted by molar-refractivity contribution is 0.102. The van der Waals surface area contributed by atoms with E-state index < -0.39 is 15.9 Å².